The number of hydrogen-bond donors (Lipinski definition) is 2. The van der Waals surface area contributed by atoms with E-state index in [0.717, 1.165) is 0 Å². The Labute approximate surface area is 114 Å². The molecule has 0 aliphatic carbocycles. The summed E-state index contributed by atoms with van der Waals surface area (Å²) in [5, 5.41) is 0. The third kappa shape index (κ3) is 5.26. The van der Waals surface area contributed by atoms with Crippen molar-refractivity contribution in [3.63, 3.8) is 0 Å². The highest BCUT2D eigenvalue weighted by molar-refractivity contribution is 7.89. The molecule has 19 heavy (non-hydrogen) atoms. The maximum atomic E-state index is 13.0. The Morgan fingerprint density at radius 1 is 1.42 bits per heavy atom. The predicted molar refractivity (Wildman–Crippen MR) is 74.5 cm³/mol. The SMILES string of the molecule is CC(C)[C@@](C)(N)CS(=O)(=O)NCc1cccc(F)c1. The third-order valence-corrected chi connectivity index (χ3v) is 4.79. The van der Waals surface area contributed by atoms with Crippen molar-refractivity contribution in [2.24, 2.45) is 11.7 Å². The van der Waals surface area contributed by atoms with Crippen LogP contribution in [0.25, 0.3) is 0 Å². The smallest absolute Gasteiger partial charge is 0.213 e. The molecule has 0 radical (unpaired) electrons. The van der Waals surface area contributed by atoms with Crippen molar-refractivity contribution in [2.45, 2.75) is 32.9 Å². The van der Waals surface area contributed by atoms with Crippen LogP contribution in [0.5, 0.6) is 0 Å². The highest BCUT2D eigenvalue weighted by atomic mass is 32.2. The zero-order valence-corrected chi connectivity index (χ0v) is 12.3. The van der Waals surface area contributed by atoms with E-state index in [1.807, 2.05) is 13.8 Å². The topological polar surface area (TPSA) is 72.2 Å². The molecule has 1 atom stereocenters. The van der Waals surface area contributed by atoms with Crippen LogP contribution in [0.1, 0.15) is 26.3 Å². The van der Waals surface area contributed by atoms with Crippen LogP contribution in [0.3, 0.4) is 0 Å². The summed E-state index contributed by atoms with van der Waals surface area (Å²) < 4.78 is 39.3. The van der Waals surface area contributed by atoms with E-state index in [0.29, 0.717) is 5.56 Å². The first-order valence-corrected chi connectivity index (χ1v) is 7.78. The lowest BCUT2D eigenvalue weighted by molar-refractivity contribution is 0.372. The largest absolute Gasteiger partial charge is 0.324 e. The van der Waals surface area contributed by atoms with E-state index in [1.54, 1.807) is 19.1 Å². The quantitative estimate of drug-likeness (QED) is 0.835. The van der Waals surface area contributed by atoms with Gasteiger partial charge >= 0.3 is 0 Å². The average molecular weight is 288 g/mol. The van der Waals surface area contributed by atoms with Gasteiger partial charge in [-0.3, -0.25) is 0 Å². The molecule has 1 aromatic rings. The molecule has 1 rings (SSSR count). The first-order valence-electron chi connectivity index (χ1n) is 6.13. The normalized spacial score (nSPS) is 15.5. The van der Waals surface area contributed by atoms with Gasteiger partial charge in [-0.15, -0.1) is 0 Å². The van der Waals surface area contributed by atoms with Gasteiger partial charge in [0.05, 0.1) is 5.75 Å². The Bertz CT molecular complexity index is 527. The molecule has 1 aromatic carbocycles. The summed E-state index contributed by atoms with van der Waals surface area (Å²) in [6, 6.07) is 5.82. The molecule has 0 heterocycles. The lowest BCUT2D eigenvalue weighted by Crippen LogP contribution is -2.50. The summed E-state index contributed by atoms with van der Waals surface area (Å²) in [4.78, 5) is 0. The third-order valence-electron chi connectivity index (χ3n) is 3.21. The molecule has 0 unspecified atom stereocenters. The summed E-state index contributed by atoms with van der Waals surface area (Å²) in [6.45, 7) is 5.53. The van der Waals surface area contributed by atoms with Gasteiger partial charge in [-0.05, 0) is 30.5 Å². The molecule has 4 nitrogen and oxygen atoms in total. The molecule has 0 aliphatic heterocycles. The van der Waals surface area contributed by atoms with Crippen LogP contribution in [-0.2, 0) is 16.6 Å². The van der Waals surface area contributed by atoms with E-state index in [4.69, 9.17) is 5.73 Å². The molecule has 0 saturated carbocycles. The van der Waals surface area contributed by atoms with E-state index in [9.17, 15) is 12.8 Å². The molecule has 0 saturated heterocycles. The fraction of sp³-hybridized carbons (Fsp3) is 0.538. The van der Waals surface area contributed by atoms with Crippen molar-refractivity contribution in [2.75, 3.05) is 5.75 Å². The van der Waals surface area contributed by atoms with Crippen LogP contribution in [0.15, 0.2) is 24.3 Å². The van der Waals surface area contributed by atoms with Crippen LogP contribution in [0.4, 0.5) is 4.39 Å². The van der Waals surface area contributed by atoms with Crippen LogP contribution < -0.4 is 10.5 Å². The first-order chi connectivity index (χ1) is 8.62. The van der Waals surface area contributed by atoms with E-state index in [1.165, 1.54) is 12.1 Å². The van der Waals surface area contributed by atoms with Crippen LogP contribution in [0.2, 0.25) is 0 Å². The van der Waals surface area contributed by atoms with Crippen molar-refractivity contribution < 1.29 is 12.8 Å². The van der Waals surface area contributed by atoms with Crippen molar-refractivity contribution in [1.82, 2.24) is 4.72 Å². The lowest BCUT2D eigenvalue weighted by Gasteiger charge is -2.28. The van der Waals surface area contributed by atoms with Gasteiger partial charge in [-0.2, -0.15) is 0 Å². The Morgan fingerprint density at radius 3 is 2.58 bits per heavy atom. The zero-order chi connectivity index (χ0) is 14.7. The summed E-state index contributed by atoms with van der Waals surface area (Å²) in [5.74, 6) is -0.506. The molecular weight excluding hydrogens is 267 g/mol. The Balaban J connectivity index is 2.66. The van der Waals surface area contributed by atoms with Gasteiger partial charge < -0.3 is 5.73 Å². The summed E-state index contributed by atoms with van der Waals surface area (Å²) in [6.07, 6.45) is 0. The molecule has 0 fully saturated rings. The van der Waals surface area contributed by atoms with Gasteiger partial charge in [-0.1, -0.05) is 26.0 Å². The molecular formula is C13H21FN2O2S. The highest BCUT2D eigenvalue weighted by Crippen LogP contribution is 2.15. The Hall–Kier alpha value is -0.980. The van der Waals surface area contributed by atoms with E-state index >= 15 is 0 Å². The number of nitrogens with one attached hydrogen (secondary N) is 1. The number of hydrogen-bond acceptors (Lipinski definition) is 3. The predicted octanol–water partition coefficient (Wildman–Crippen LogP) is 1.62. The Morgan fingerprint density at radius 2 is 2.05 bits per heavy atom. The second kappa shape index (κ2) is 5.98. The molecule has 3 N–H and O–H groups in total. The van der Waals surface area contributed by atoms with Crippen molar-refractivity contribution in [3.05, 3.63) is 35.6 Å². The second-order valence-electron chi connectivity index (χ2n) is 5.37. The fourth-order valence-corrected chi connectivity index (χ4v) is 3.11. The zero-order valence-electron chi connectivity index (χ0n) is 11.5. The fourth-order valence-electron chi connectivity index (χ4n) is 1.47. The van der Waals surface area contributed by atoms with E-state index in [2.05, 4.69) is 4.72 Å². The summed E-state index contributed by atoms with van der Waals surface area (Å²) in [5.41, 5.74) is 5.74. The van der Waals surface area contributed by atoms with Gasteiger partial charge in [0.15, 0.2) is 0 Å². The Kier molecular flexibility index (Phi) is 5.06. The number of sulfonamides is 1. The van der Waals surface area contributed by atoms with Crippen molar-refractivity contribution in [1.29, 1.82) is 0 Å². The summed E-state index contributed by atoms with van der Waals surface area (Å²) in [7, 11) is -3.49. The van der Waals surface area contributed by atoms with Crippen LogP contribution >= 0.6 is 0 Å². The van der Waals surface area contributed by atoms with Gasteiger partial charge in [0, 0.05) is 12.1 Å². The van der Waals surface area contributed by atoms with Crippen LogP contribution in [0, 0.1) is 11.7 Å². The molecule has 0 spiro atoms. The molecule has 0 bridgehead atoms. The van der Waals surface area contributed by atoms with Crippen molar-refractivity contribution >= 4 is 10.0 Å². The number of halogens is 1. The lowest BCUT2D eigenvalue weighted by atomic mass is 9.92. The van der Waals surface area contributed by atoms with Gasteiger partial charge in [-0.25, -0.2) is 17.5 Å². The minimum absolute atomic E-state index is 0.0400. The van der Waals surface area contributed by atoms with Crippen LogP contribution in [-0.4, -0.2) is 19.7 Å². The van der Waals surface area contributed by atoms with Crippen molar-refractivity contribution in [3.8, 4) is 0 Å². The van der Waals surface area contributed by atoms with E-state index < -0.39 is 15.6 Å². The molecule has 6 heteroatoms. The number of nitrogens with two attached hydrogens (primary N) is 1. The average Bonchev–Trinajstić information content (AvgIpc) is 2.25. The minimum atomic E-state index is -3.49. The monoisotopic (exact) mass is 288 g/mol. The highest BCUT2D eigenvalue weighted by Gasteiger charge is 2.29. The van der Waals surface area contributed by atoms with Gasteiger partial charge in [0.1, 0.15) is 5.82 Å². The van der Waals surface area contributed by atoms with Gasteiger partial charge in [0.2, 0.25) is 10.0 Å². The molecule has 108 valence electrons. The maximum Gasteiger partial charge on any atom is 0.213 e. The number of rotatable bonds is 6. The van der Waals surface area contributed by atoms with E-state index in [-0.39, 0.29) is 24.0 Å². The maximum absolute atomic E-state index is 13.0. The second-order valence-corrected chi connectivity index (χ2v) is 7.18. The molecule has 0 amide bonds. The minimum Gasteiger partial charge on any atom is -0.324 e. The standard InChI is InChI=1S/C13H21FN2O2S/c1-10(2)13(3,15)9-19(17,18)16-8-11-5-4-6-12(14)7-11/h4-7,10,16H,8-9,15H2,1-3H3/t13-/m0/s1. The molecule has 0 aromatic heterocycles. The summed E-state index contributed by atoms with van der Waals surface area (Å²) >= 11 is 0. The molecule has 0 aliphatic rings. The first kappa shape index (κ1) is 16.1. The number of benzene rings is 1. The van der Waals surface area contributed by atoms with Gasteiger partial charge in [0.25, 0.3) is 0 Å².